The molecule has 0 atom stereocenters. The van der Waals surface area contributed by atoms with Crippen LogP contribution >= 0.6 is 0 Å². The van der Waals surface area contributed by atoms with Crippen LogP contribution in [0, 0.1) is 0 Å². The molecule has 0 saturated carbocycles. The van der Waals surface area contributed by atoms with Crippen molar-refractivity contribution in [3.05, 3.63) is 48.0 Å². The Hall–Kier alpha value is -2.40. The third kappa shape index (κ3) is 4.37. The van der Waals surface area contributed by atoms with E-state index in [0.29, 0.717) is 13.1 Å². The van der Waals surface area contributed by atoms with E-state index in [9.17, 15) is 9.59 Å². The summed E-state index contributed by atoms with van der Waals surface area (Å²) in [5.41, 5.74) is 0.976. The Kier molecular flexibility index (Phi) is 5.66. The fraction of sp³-hybridized carbons (Fsp3) is 0.400. The van der Waals surface area contributed by atoms with Crippen molar-refractivity contribution in [3.63, 3.8) is 0 Å². The topological polar surface area (TPSA) is 58.6 Å². The van der Waals surface area contributed by atoms with E-state index in [-0.39, 0.29) is 30.9 Å². The number of ether oxygens (including phenoxy) is 1. The maximum Gasteiger partial charge on any atom is 0.241 e. The number of hydrogen-bond acceptors (Lipinski definition) is 3. The van der Waals surface area contributed by atoms with Gasteiger partial charge in [-0.3, -0.25) is 9.59 Å². The van der Waals surface area contributed by atoms with Crippen molar-refractivity contribution in [1.29, 1.82) is 0 Å². The van der Waals surface area contributed by atoms with E-state index < -0.39 is 0 Å². The highest BCUT2D eigenvalue weighted by Crippen LogP contribution is 2.18. The van der Waals surface area contributed by atoms with Gasteiger partial charge in [-0.25, -0.2) is 0 Å². The number of fused-ring (bicyclic) bond motifs is 1. The van der Waals surface area contributed by atoms with Gasteiger partial charge in [0.2, 0.25) is 11.8 Å². The van der Waals surface area contributed by atoms with E-state index in [1.54, 1.807) is 12.0 Å². The smallest absolute Gasteiger partial charge is 0.241 e. The van der Waals surface area contributed by atoms with E-state index >= 15 is 0 Å². The van der Waals surface area contributed by atoms with Crippen molar-refractivity contribution >= 4 is 22.6 Å². The first-order valence-corrected chi connectivity index (χ1v) is 8.71. The molecule has 3 rings (SSSR count). The average Bonchev–Trinajstić information content (AvgIpc) is 2.66. The van der Waals surface area contributed by atoms with Crippen LogP contribution in [0.3, 0.4) is 0 Å². The summed E-state index contributed by atoms with van der Waals surface area (Å²) in [7, 11) is 1.70. The molecule has 1 saturated heterocycles. The SMILES string of the molecule is COC1CCN(C(=O)CNC(=O)Cc2cccc3ccccc23)CC1. The fourth-order valence-corrected chi connectivity index (χ4v) is 3.31. The number of likely N-dealkylation sites (tertiary alicyclic amines) is 1. The molecular weight excluding hydrogens is 316 g/mol. The van der Waals surface area contributed by atoms with Crippen LogP contribution in [-0.2, 0) is 20.7 Å². The predicted molar refractivity (Wildman–Crippen MR) is 97.3 cm³/mol. The largest absolute Gasteiger partial charge is 0.381 e. The molecule has 1 aliphatic heterocycles. The number of nitrogens with zero attached hydrogens (tertiary/aromatic N) is 1. The standard InChI is InChI=1S/C20H24N2O3/c1-25-17-9-11-22(12-10-17)20(24)14-21-19(23)13-16-7-4-6-15-5-2-3-8-18(15)16/h2-8,17H,9-14H2,1H3,(H,21,23). The molecule has 2 amide bonds. The molecule has 0 spiro atoms. The molecule has 0 bridgehead atoms. The van der Waals surface area contributed by atoms with Gasteiger partial charge in [-0.1, -0.05) is 42.5 Å². The number of carbonyl (C=O) groups is 2. The number of nitrogens with one attached hydrogen (secondary N) is 1. The zero-order valence-corrected chi connectivity index (χ0v) is 14.5. The van der Waals surface area contributed by atoms with Crippen LogP contribution in [0.4, 0.5) is 0 Å². The second-order valence-electron chi connectivity index (χ2n) is 6.41. The first kappa shape index (κ1) is 17.4. The van der Waals surface area contributed by atoms with Gasteiger partial charge in [-0.15, -0.1) is 0 Å². The number of hydrogen-bond donors (Lipinski definition) is 1. The molecule has 1 N–H and O–H groups in total. The molecule has 0 unspecified atom stereocenters. The van der Waals surface area contributed by atoms with E-state index in [1.165, 1.54) is 0 Å². The highest BCUT2D eigenvalue weighted by molar-refractivity contribution is 5.91. The van der Waals surface area contributed by atoms with Crippen LogP contribution in [0.25, 0.3) is 10.8 Å². The molecule has 5 nitrogen and oxygen atoms in total. The molecule has 1 heterocycles. The van der Waals surface area contributed by atoms with Crippen molar-refractivity contribution in [3.8, 4) is 0 Å². The van der Waals surface area contributed by atoms with Crippen LogP contribution in [0.15, 0.2) is 42.5 Å². The lowest BCUT2D eigenvalue weighted by Crippen LogP contribution is -2.45. The van der Waals surface area contributed by atoms with Crippen molar-refractivity contribution in [1.82, 2.24) is 10.2 Å². The van der Waals surface area contributed by atoms with E-state index in [2.05, 4.69) is 5.32 Å². The summed E-state index contributed by atoms with van der Waals surface area (Å²) >= 11 is 0. The number of benzene rings is 2. The van der Waals surface area contributed by atoms with E-state index in [1.807, 2.05) is 42.5 Å². The van der Waals surface area contributed by atoms with Crippen LogP contribution in [-0.4, -0.2) is 49.6 Å². The van der Waals surface area contributed by atoms with E-state index in [4.69, 9.17) is 4.74 Å². The monoisotopic (exact) mass is 340 g/mol. The molecule has 0 aliphatic carbocycles. The van der Waals surface area contributed by atoms with Gasteiger partial charge in [0.1, 0.15) is 0 Å². The summed E-state index contributed by atoms with van der Waals surface area (Å²) in [5.74, 6) is -0.155. The minimum absolute atomic E-state index is 0.0270. The minimum atomic E-state index is -0.128. The van der Waals surface area contributed by atoms with Gasteiger partial charge in [-0.05, 0) is 29.2 Å². The van der Waals surface area contributed by atoms with Gasteiger partial charge in [0.15, 0.2) is 0 Å². The lowest BCUT2D eigenvalue weighted by Gasteiger charge is -2.31. The molecule has 2 aromatic carbocycles. The normalized spacial score (nSPS) is 15.3. The number of rotatable bonds is 5. The van der Waals surface area contributed by atoms with Gasteiger partial charge in [0.05, 0.1) is 19.1 Å². The van der Waals surface area contributed by atoms with Gasteiger partial charge in [-0.2, -0.15) is 0 Å². The van der Waals surface area contributed by atoms with Crippen molar-refractivity contribution in [2.24, 2.45) is 0 Å². The number of methoxy groups -OCH3 is 1. The zero-order chi connectivity index (χ0) is 17.6. The van der Waals surface area contributed by atoms with Gasteiger partial charge in [0.25, 0.3) is 0 Å². The van der Waals surface area contributed by atoms with Crippen molar-refractivity contribution in [2.45, 2.75) is 25.4 Å². The summed E-state index contributed by atoms with van der Waals surface area (Å²) in [6, 6.07) is 13.9. The summed E-state index contributed by atoms with van der Waals surface area (Å²) < 4.78 is 5.31. The fourth-order valence-electron chi connectivity index (χ4n) is 3.31. The molecule has 25 heavy (non-hydrogen) atoms. The highest BCUT2D eigenvalue weighted by Gasteiger charge is 2.22. The second-order valence-corrected chi connectivity index (χ2v) is 6.41. The third-order valence-corrected chi connectivity index (χ3v) is 4.80. The Morgan fingerprint density at radius 3 is 2.60 bits per heavy atom. The molecule has 2 aromatic rings. The Labute approximate surface area is 148 Å². The molecule has 132 valence electrons. The quantitative estimate of drug-likeness (QED) is 0.907. The first-order valence-electron chi connectivity index (χ1n) is 8.71. The number of piperidine rings is 1. The molecular formula is C20H24N2O3. The maximum absolute atomic E-state index is 12.2. The number of carbonyl (C=O) groups excluding carboxylic acids is 2. The van der Waals surface area contributed by atoms with Crippen LogP contribution < -0.4 is 5.32 Å². The molecule has 0 aromatic heterocycles. The van der Waals surface area contributed by atoms with Gasteiger partial charge >= 0.3 is 0 Å². The van der Waals surface area contributed by atoms with Crippen molar-refractivity contribution < 1.29 is 14.3 Å². The summed E-state index contributed by atoms with van der Waals surface area (Å²) in [4.78, 5) is 26.3. The first-order chi connectivity index (χ1) is 12.2. The molecule has 1 fully saturated rings. The lowest BCUT2D eigenvalue weighted by molar-refractivity contribution is -0.134. The Balaban J connectivity index is 1.52. The molecule has 1 aliphatic rings. The number of amides is 2. The van der Waals surface area contributed by atoms with Crippen LogP contribution in [0.1, 0.15) is 18.4 Å². The predicted octanol–water partition coefficient (Wildman–Crippen LogP) is 2.14. The zero-order valence-electron chi connectivity index (χ0n) is 14.5. The molecule has 5 heteroatoms. The average molecular weight is 340 g/mol. The lowest BCUT2D eigenvalue weighted by atomic mass is 10.0. The maximum atomic E-state index is 12.2. The summed E-state index contributed by atoms with van der Waals surface area (Å²) in [6.45, 7) is 1.44. The highest BCUT2D eigenvalue weighted by atomic mass is 16.5. The third-order valence-electron chi connectivity index (χ3n) is 4.80. The van der Waals surface area contributed by atoms with Gasteiger partial charge < -0.3 is 15.0 Å². The van der Waals surface area contributed by atoms with Gasteiger partial charge in [0, 0.05) is 20.2 Å². The minimum Gasteiger partial charge on any atom is -0.381 e. The summed E-state index contributed by atoms with van der Waals surface area (Å²) in [5, 5.41) is 4.95. The van der Waals surface area contributed by atoms with Crippen molar-refractivity contribution in [2.75, 3.05) is 26.7 Å². The van der Waals surface area contributed by atoms with Crippen LogP contribution in [0.2, 0.25) is 0 Å². The summed E-state index contributed by atoms with van der Waals surface area (Å²) in [6.07, 6.45) is 2.23. The molecule has 0 radical (unpaired) electrons. The second kappa shape index (κ2) is 8.12. The Morgan fingerprint density at radius 2 is 1.84 bits per heavy atom. The Bertz CT molecular complexity index is 746. The Morgan fingerprint density at radius 1 is 1.12 bits per heavy atom. The van der Waals surface area contributed by atoms with E-state index in [0.717, 1.165) is 29.2 Å². The van der Waals surface area contributed by atoms with Crippen LogP contribution in [0.5, 0.6) is 0 Å².